The molecular weight excluding hydrogens is 368 g/mol. The van der Waals surface area contributed by atoms with Gasteiger partial charge in [-0.3, -0.25) is 19.7 Å². The van der Waals surface area contributed by atoms with Gasteiger partial charge in [0.05, 0.1) is 28.2 Å². The molecule has 3 heterocycles. The fraction of sp³-hybridized carbons (Fsp3) is 0.273. The van der Waals surface area contributed by atoms with Crippen molar-refractivity contribution in [2.45, 2.75) is 32.4 Å². The van der Waals surface area contributed by atoms with Gasteiger partial charge in [-0.1, -0.05) is 12.1 Å². The van der Waals surface area contributed by atoms with Gasteiger partial charge < -0.3 is 9.47 Å². The van der Waals surface area contributed by atoms with Crippen molar-refractivity contribution in [2.75, 3.05) is 6.54 Å². The van der Waals surface area contributed by atoms with Gasteiger partial charge in [-0.25, -0.2) is 4.98 Å². The predicted octanol–water partition coefficient (Wildman–Crippen LogP) is 2.92. The fourth-order valence-electron chi connectivity index (χ4n) is 4.43. The monoisotopic (exact) mass is 388 g/mol. The third-order valence-corrected chi connectivity index (χ3v) is 5.79. The average Bonchev–Trinajstić information content (AvgIpc) is 3.42. The first kappa shape index (κ1) is 17.6. The van der Waals surface area contributed by atoms with Gasteiger partial charge in [-0.15, -0.1) is 0 Å². The first-order chi connectivity index (χ1) is 14.1. The average molecular weight is 388 g/mol. The van der Waals surface area contributed by atoms with E-state index in [1.54, 1.807) is 12.1 Å². The normalized spacial score (nSPS) is 18.4. The summed E-state index contributed by atoms with van der Waals surface area (Å²) in [6, 6.07) is 12.6. The van der Waals surface area contributed by atoms with Crippen LogP contribution in [-0.2, 0) is 6.54 Å². The van der Waals surface area contributed by atoms with Gasteiger partial charge in [0.2, 0.25) is 0 Å². The number of carbonyl (C=O) groups is 3. The maximum atomic E-state index is 13.3. The minimum Gasteiger partial charge on any atom is -0.328 e. The number of imide groups is 1. The Morgan fingerprint density at radius 2 is 1.93 bits per heavy atom. The van der Waals surface area contributed by atoms with Crippen LogP contribution in [0.5, 0.6) is 0 Å². The summed E-state index contributed by atoms with van der Waals surface area (Å²) in [7, 11) is 0. The molecule has 2 aliphatic heterocycles. The number of rotatable bonds is 3. The number of aryl methyl sites for hydroxylation is 1. The van der Waals surface area contributed by atoms with E-state index < -0.39 is 11.8 Å². The van der Waals surface area contributed by atoms with Crippen LogP contribution in [0.2, 0.25) is 0 Å². The van der Waals surface area contributed by atoms with Crippen molar-refractivity contribution in [2.24, 2.45) is 0 Å². The van der Waals surface area contributed by atoms with Gasteiger partial charge in [-0.05, 0) is 50.1 Å². The van der Waals surface area contributed by atoms with Crippen LogP contribution in [0.15, 0.2) is 42.5 Å². The molecule has 1 aromatic heterocycles. The lowest BCUT2D eigenvalue weighted by molar-refractivity contribution is 0.0727. The summed E-state index contributed by atoms with van der Waals surface area (Å²) in [5.74, 6) is -0.115. The van der Waals surface area contributed by atoms with Crippen molar-refractivity contribution in [1.29, 1.82) is 0 Å². The van der Waals surface area contributed by atoms with Crippen LogP contribution in [0, 0.1) is 0 Å². The molecule has 2 aliphatic rings. The zero-order chi connectivity index (χ0) is 20.1. The third kappa shape index (κ3) is 2.65. The lowest BCUT2D eigenvalue weighted by Crippen LogP contribution is -2.32. The van der Waals surface area contributed by atoms with Gasteiger partial charge in [0.15, 0.2) is 0 Å². The first-order valence-corrected chi connectivity index (χ1v) is 9.84. The number of para-hydroxylation sites is 2. The Morgan fingerprint density at radius 3 is 2.76 bits per heavy atom. The molecular formula is C22H20N4O3. The van der Waals surface area contributed by atoms with Gasteiger partial charge >= 0.3 is 0 Å². The van der Waals surface area contributed by atoms with E-state index in [9.17, 15) is 14.4 Å². The van der Waals surface area contributed by atoms with E-state index >= 15 is 0 Å². The number of hydrogen-bond acceptors (Lipinski definition) is 4. The number of aromatic nitrogens is 2. The topological polar surface area (TPSA) is 84.3 Å². The van der Waals surface area contributed by atoms with E-state index in [1.807, 2.05) is 29.2 Å². The van der Waals surface area contributed by atoms with E-state index in [0.29, 0.717) is 17.7 Å². The molecule has 7 heteroatoms. The SMILES string of the molecule is CCn1c(C2CCCN2C(=O)c2ccc3c(c2)C(=O)NC3=O)nc2ccccc21. The standard InChI is InChI=1S/C22H20N4O3/c1-2-25-17-7-4-3-6-16(17)23-19(25)18-8-5-11-26(18)22(29)13-9-10-14-15(12-13)21(28)24-20(14)27/h3-4,6-7,9-10,12,18H,2,5,8,11H2,1H3,(H,24,27,28). The summed E-state index contributed by atoms with van der Waals surface area (Å²) in [6.45, 7) is 3.49. The lowest BCUT2D eigenvalue weighted by Gasteiger charge is -2.25. The minimum atomic E-state index is -0.453. The van der Waals surface area contributed by atoms with E-state index in [0.717, 1.165) is 36.2 Å². The summed E-state index contributed by atoms with van der Waals surface area (Å²) in [4.78, 5) is 43.7. The van der Waals surface area contributed by atoms with Crippen LogP contribution in [0.1, 0.15) is 62.7 Å². The van der Waals surface area contributed by atoms with E-state index in [1.165, 1.54) is 6.07 Å². The first-order valence-electron chi connectivity index (χ1n) is 9.84. The van der Waals surface area contributed by atoms with Gasteiger partial charge in [0, 0.05) is 18.7 Å². The molecule has 29 heavy (non-hydrogen) atoms. The Bertz CT molecular complexity index is 1180. The van der Waals surface area contributed by atoms with Crippen LogP contribution < -0.4 is 5.32 Å². The molecule has 5 rings (SSSR count). The molecule has 7 nitrogen and oxygen atoms in total. The maximum absolute atomic E-state index is 13.3. The molecule has 2 aromatic carbocycles. The molecule has 1 fully saturated rings. The Kier molecular flexibility index (Phi) is 3.97. The molecule has 0 saturated carbocycles. The van der Waals surface area contributed by atoms with Gasteiger partial charge in [-0.2, -0.15) is 0 Å². The predicted molar refractivity (Wildman–Crippen MR) is 107 cm³/mol. The second-order valence-electron chi connectivity index (χ2n) is 7.40. The van der Waals surface area contributed by atoms with Crippen molar-refractivity contribution < 1.29 is 14.4 Å². The van der Waals surface area contributed by atoms with Crippen LogP contribution >= 0.6 is 0 Å². The molecule has 3 aromatic rings. The van der Waals surface area contributed by atoms with E-state index in [2.05, 4.69) is 16.8 Å². The number of carbonyl (C=O) groups excluding carboxylic acids is 3. The second-order valence-corrected chi connectivity index (χ2v) is 7.40. The highest BCUT2D eigenvalue weighted by Crippen LogP contribution is 2.34. The molecule has 0 spiro atoms. The zero-order valence-electron chi connectivity index (χ0n) is 16.0. The molecule has 0 bridgehead atoms. The summed E-state index contributed by atoms with van der Waals surface area (Å²) in [5, 5.41) is 2.27. The number of hydrogen-bond donors (Lipinski definition) is 1. The number of amides is 3. The van der Waals surface area contributed by atoms with Gasteiger partial charge in [0.1, 0.15) is 5.82 Å². The smallest absolute Gasteiger partial charge is 0.258 e. The second kappa shape index (κ2) is 6.55. The molecule has 146 valence electrons. The Labute approximate surface area is 167 Å². The highest BCUT2D eigenvalue weighted by Gasteiger charge is 2.35. The van der Waals surface area contributed by atoms with Crippen molar-refractivity contribution in [3.05, 3.63) is 65.0 Å². The quantitative estimate of drug-likeness (QED) is 0.699. The van der Waals surface area contributed by atoms with Gasteiger partial charge in [0.25, 0.3) is 17.7 Å². The number of fused-ring (bicyclic) bond motifs is 2. The zero-order valence-corrected chi connectivity index (χ0v) is 16.0. The Morgan fingerprint density at radius 1 is 1.14 bits per heavy atom. The maximum Gasteiger partial charge on any atom is 0.258 e. The van der Waals surface area contributed by atoms with Crippen LogP contribution in [-0.4, -0.2) is 38.7 Å². The van der Waals surface area contributed by atoms with Crippen LogP contribution in [0.25, 0.3) is 11.0 Å². The van der Waals surface area contributed by atoms with Crippen molar-refractivity contribution in [1.82, 2.24) is 19.8 Å². The summed E-state index contributed by atoms with van der Waals surface area (Å²) in [5.41, 5.74) is 2.99. The number of nitrogens with one attached hydrogen (secondary N) is 1. The van der Waals surface area contributed by atoms with Crippen molar-refractivity contribution in [3.8, 4) is 0 Å². The Balaban J connectivity index is 1.52. The minimum absolute atomic E-state index is 0.112. The third-order valence-electron chi connectivity index (χ3n) is 5.79. The summed E-state index contributed by atoms with van der Waals surface area (Å²) < 4.78 is 2.17. The number of nitrogens with zero attached hydrogens (tertiary/aromatic N) is 3. The molecule has 1 unspecified atom stereocenters. The molecule has 0 aliphatic carbocycles. The number of likely N-dealkylation sites (tertiary alicyclic amines) is 1. The molecule has 0 radical (unpaired) electrons. The highest BCUT2D eigenvalue weighted by atomic mass is 16.2. The summed E-state index contributed by atoms with van der Waals surface area (Å²) in [6.07, 6.45) is 1.74. The number of imidazole rings is 1. The Hall–Kier alpha value is -3.48. The van der Waals surface area contributed by atoms with Crippen molar-refractivity contribution >= 4 is 28.8 Å². The highest BCUT2D eigenvalue weighted by molar-refractivity contribution is 6.22. The van der Waals surface area contributed by atoms with Crippen LogP contribution in [0.3, 0.4) is 0 Å². The van der Waals surface area contributed by atoms with Crippen LogP contribution in [0.4, 0.5) is 0 Å². The van der Waals surface area contributed by atoms with Crippen molar-refractivity contribution in [3.63, 3.8) is 0 Å². The molecule has 1 N–H and O–H groups in total. The molecule has 3 amide bonds. The fourth-order valence-corrected chi connectivity index (χ4v) is 4.43. The van der Waals surface area contributed by atoms with E-state index in [-0.39, 0.29) is 17.5 Å². The summed E-state index contributed by atoms with van der Waals surface area (Å²) >= 11 is 0. The molecule has 1 saturated heterocycles. The molecule has 1 atom stereocenters. The lowest BCUT2D eigenvalue weighted by atomic mass is 10.0. The number of benzene rings is 2. The van der Waals surface area contributed by atoms with E-state index in [4.69, 9.17) is 4.98 Å². The largest absolute Gasteiger partial charge is 0.328 e.